The molecule has 0 aromatic heterocycles. The van der Waals surface area contributed by atoms with Gasteiger partial charge in [0.15, 0.2) is 0 Å². The van der Waals surface area contributed by atoms with E-state index in [0.717, 1.165) is 56.3 Å². The second-order valence-electron chi connectivity index (χ2n) is 12.1. The molecule has 1 N–H and O–H groups in total. The van der Waals surface area contributed by atoms with E-state index >= 15 is 0 Å². The molecule has 1 amide bonds. The van der Waals surface area contributed by atoms with Crippen LogP contribution in [-0.2, 0) is 23.1 Å². The van der Waals surface area contributed by atoms with Gasteiger partial charge in [-0.05, 0) is 91.9 Å². The third-order valence-electron chi connectivity index (χ3n) is 9.36. The number of nitrogens with one attached hydrogen (secondary N) is 1. The summed E-state index contributed by atoms with van der Waals surface area (Å²) >= 11 is 0. The Morgan fingerprint density at radius 2 is 1.58 bits per heavy atom. The fourth-order valence-electron chi connectivity index (χ4n) is 6.85. The molecule has 1 atom stereocenters. The van der Waals surface area contributed by atoms with Crippen molar-refractivity contribution in [2.45, 2.75) is 63.3 Å². The molecule has 1 aliphatic heterocycles. The van der Waals surface area contributed by atoms with Crippen molar-refractivity contribution in [1.29, 1.82) is 0 Å². The molecule has 0 radical (unpaired) electrons. The maximum Gasteiger partial charge on any atom is 0.269 e. The van der Waals surface area contributed by atoms with Crippen LogP contribution in [0.1, 0.15) is 72.9 Å². The highest BCUT2D eigenvalue weighted by molar-refractivity contribution is 5.76. The predicted molar refractivity (Wildman–Crippen MR) is 177 cm³/mol. The van der Waals surface area contributed by atoms with Crippen molar-refractivity contribution < 1.29 is 14.1 Å². The van der Waals surface area contributed by atoms with Crippen LogP contribution < -0.4 is 5.32 Å². The van der Waals surface area contributed by atoms with Crippen molar-refractivity contribution in [2.24, 2.45) is 0 Å². The van der Waals surface area contributed by atoms with Crippen LogP contribution in [0.15, 0.2) is 103 Å². The standard InChI is InChI=1S/C38H42FN3O3/c1-29-36-28-35(42(44)45)20-17-31(36)22-27-41(29)26-9-24-38(32-10-4-2-5-11-32,33-12-6-3-7-13-33)23-8-25-40-37(43)21-16-30-14-18-34(39)19-15-30/h2-7,10-15,17-20,28-29H,8-9,16,21-27H2,1H3,(H,40,43). The minimum absolute atomic E-state index is 0.00366. The summed E-state index contributed by atoms with van der Waals surface area (Å²) in [7, 11) is 0. The number of carbonyl (C=O) groups is 1. The molecule has 0 saturated carbocycles. The van der Waals surface area contributed by atoms with Crippen molar-refractivity contribution in [3.8, 4) is 0 Å². The quantitative estimate of drug-likeness (QED) is 0.0897. The molecular formula is C38H42FN3O3. The molecule has 1 unspecified atom stereocenters. The lowest BCUT2D eigenvalue weighted by molar-refractivity contribution is -0.385. The van der Waals surface area contributed by atoms with E-state index in [1.54, 1.807) is 24.3 Å². The molecule has 0 aliphatic carbocycles. The van der Waals surface area contributed by atoms with Crippen molar-refractivity contribution in [1.82, 2.24) is 10.2 Å². The van der Waals surface area contributed by atoms with Crippen LogP contribution in [0.25, 0.3) is 0 Å². The number of non-ortho nitro benzene ring substituents is 1. The number of nitro groups is 1. The number of amides is 1. The van der Waals surface area contributed by atoms with Gasteiger partial charge in [-0.15, -0.1) is 0 Å². The summed E-state index contributed by atoms with van der Waals surface area (Å²) < 4.78 is 13.2. The molecule has 234 valence electrons. The average molecular weight is 608 g/mol. The number of benzene rings is 4. The summed E-state index contributed by atoms with van der Waals surface area (Å²) in [5.74, 6) is -0.269. The molecule has 1 aliphatic rings. The molecule has 45 heavy (non-hydrogen) atoms. The normalized spacial score (nSPS) is 14.9. The summed E-state index contributed by atoms with van der Waals surface area (Å²) in [6.07, 6.45) is 5.44. The molecule has 0 fully saturated rings. The van der Waals surface area contributed by atoms with Crippen LogP contribution in [0.3, 0.4) is 0 Å². The number of hydrogen-bond donors (Lipinski definition) is 1. The lowest BCUT2D eigenvalue weighted by atomic mass is 9.68. The second kappa shape index (κ2) is 15.1. The SMILES string of the molecule is CC1c2cc([N+](=O)[O-])ccc2CCN1CCCC(CCCNC(=O)CCc1ccc(F)cc1)(c1ccccc1)c1ccccc1. The van der Waals surface area contributed by atoms with Crippen LogP contribution in [-0.4, -0.2) is 35.4 Å². The monoisotopic (exact) mass is 607 g/mol. The third-order valence-corrected chi connectivity index (χ3v) is 9.36. The Bertz CT molecular complexity index is 1520. The van der Waals surface area contributed by atoms with E-state index in [1.807, 2.05) is 18.2 Å². The largest absolute Gasteiger partial charge is 0.356 e. The third kappa shape index (κ3) is 8.03. The number of halogens is 1. The topological polar surface area (TPSA) is 75.5 Å². The van der Waals surface area contributed by atoms with Crippen molar-refractivity contribution >= 4 is 11.6 Å². The van der Waals surface area contributed by atoms with Crippen molar-refractivity contribution in [2.75, 3.05) is 19.6 Å². The number of nitrogens with zero attached hydrogens (tertiary/aromatic N) is 2. The Morgan fingerprint density at radius 1 is 0.933 bits per heavy atom. The number of fused-ring (bicyclic) bond motifs is 1. The van der Waals surface area contributed by atoms with Gasteiger partial charge in [-0.3, -0.25) is 19.8 Å². The molecular weight excluding hydrogens is 565 g/mol. The Balaban J connectivity index is 1.26. The van der Waals surface area contributed by atoms with E-state index in [-0.39, 0.29) is 33.8 Å². The molecule has 1 heterocycles. The first kappa shape index (κ1) is 32.0. The van der Waals surface area contributed by atoms with Crippen LogP contribution >= 0.6 is 0 Å². The first-order valence-corrected chi connectivity index (χ1v) is 16.0. The van der Waals surface area contributed by atoms with E-state index in [2.05, 4.69) is 65.7 Å². The highest BCUT2D eigenvalue weighted by Gasteiger charge is 2.34. The lowest BCUT2D eigenvalue weighted by Crippen LogP contribution is -2.36. The fraction of sp³-hybridized carbons (Fsp3) is 0.342. The van der Waals surface area contributed by atoms with Gasteiger partial charge in [-0.2, -0.15) is 0 Å². The van der Waals surface area contributed by atoms with Gasteiger partial charge in [0.2, 0.25) is 5.91 Å². The van der Waals surface area contributed by atoms with Crippen LogP contribution in [0.4, 0.5) is 10.1 Å². The second-order valence-corrected chi connectivity index (χ2v) is 12.1. The maximum absolute atomic E-state index is 13.2. The minimum atomic E-state index is -0.312. The number of nitro benzene ring substituents is 1. The Hall–Kier alpha value is -4.36. The van der Waals surface area contributed by atoms with Gasteiger partial charge in [0, 0.05) is 43.1 Å². The molecule has 5 rings (SSSR count). The summed E-state index contributed by atoms with van der Waals surface area (Å²) in [5.41, 5.74) is 5.67. The Labute approximate surface area is 265 Å². The lowest BCUT2D eigenvalue weighted by Gasteiger charge is -2.38. The van der Waals surface area contributed by atoms with Crippen LogP contribution in [0.2, 0.25) is 0 Å². The fourth-order valence-corrected chi connectivity index (χ4v) is 6.85. The van der Waals surface area contributed by atoms with E-state index < -0.39 is 0 Å². The van der Waals surface area contributed by atoms with Gasteiger partial charge in [-0.25, -0.2) is 4.39 Å². The summed E-state index contributed by atoms with van der Waals surface area (Å²) in [5, 5.41) is 14.5. The van der Waals surface area contributed by atoms with Crippen molar-refractivity contribution in [3.63, 3.8) is 0 Å². The van der Waals surface area contributed by atoms with E-state index in [4.69, 9.17) is 0 Å². The molecule has 0 bridgehead atoms. The first-order chi connectivity index (χ1) is 21.9. The average Bonchev–Trinajstić information content (AvgIpc) is 3.07. The summed E-state index contributed by atoms with van der Waals surface area (Å²) in [6.45, 7) is 4.56. The summed E-state index contributed by atoms with van der Waals surface area (Å²) in [4.78, 5) is 26.2. The molecule has 4 aromatic carbocycles. The van der Waals surface area contributed by atoms with Crippen molar-refractivity contribution in [3.05, 3.63) is 147 Å². The zero-order chi connectivity index (χ0) is 31.6. The van der Waals surface area contributed by atoms with E-state index in [1.165, 1.54) is 28.8 Å². The maximum atomic E-state index is 13.2. The highest BCUT2D eigenvalue weighted by Crippen LogP contribution is 2.41. The van der Waals surface area contributed by atoms with Gasteiger partial charge in [0.25, 0.3) is 5.69 Å². The minimum Gasteiger partial charge on any atom is -0.356 e. The molecule has 6 nitrogen and oxygen atoms in total. The molecule has 0 saturated heterocycles. The Morgan fingerprint density at radius 3 is 2.22 bits per heavy atom. The van der Waals surface area contributed by atoms with Gasteiger partial charge in [0.1, 0.15) is 5.82 Å². The van der Waals surface area contributed by atoms with Crippen LogP contribution in [0, 0.1) is 15.9 Å². The predicted octanol–water partition coefficient (Wildman–Crippen LogP) is 7.95. The first-order valence-electron chi connectivity index (χ1n) is 16.0. The van der Waals surface area contributed by atoms with Gasteiger partial charge < -0.3 is 5.32 Å². The number of aryl methyl sites for hydroxylation is 1. The summed E-state index contributed by atoms with van der Waals surface area (Å²) in [6, 6.07) is 33.0. The zero-order valence-electron chi connectivity index (χ0n) is 26.0. The molecule has 7 heteroatoms. The number of hydrogen-bond acceptors (Lipinski definition) is 4. The molecule has 4 aromatic rings. The molecule has 0 spiro atoms. The van der Waals surface area contributed by atoms with Gasteiger partial charge in [-0.1, -0.05) is 78.9 Å². The van der Waals surface area contributed by atoms with Crippen LogP contribution in [0.5, 0.6) is 0 Å². The van der Waals surface area contributed by atoms with E-state index in [0.29, 0.717) is 19.4 Å². The van der Waals surface area contributed by atoms with Gasteiger partial charge >= 0.3 is 0 Å². The van der Waals surface area contributed by atoms with Gasteiger partial charge in [0.05, 0.1) is 4.92 Å². The Kier molecular flexibility index (Phi) is 10.7. The highest BCUT2D eigenvalue weighted by atomic mass is 19.1. The number of carbonyl (C=O) groups excluding carboxylic acids is 1. The number of rotatable bonds is 14. The smallest absolute Gasteiger partial charge is 0.269 e. The van der Waals surface area contributed by atoms with E-state index in [9.17, 15) is 19.3 Å². The zero-order valence-corrected chi connectivity index (χ0v) is 26.0.